The van der Waals surface area contributed by atoms with Crippen LogP contribution in [0.1, 0.15) is 11.1 Å². The highest BCUT2D eigenvalue weighted by molar-refractivity contribution is 7.80. The lowest BCUT2D eigenvalue weighted by Crippen LogP contribution is -2.40. The van der Waals surface area contributed by atoms with Crippen molar-refractivity contribution in [2.24, 2.45) is 0 Å². The quantitative estimate of drug-likeness (QED) is 0.754. The fraction of sp³-hybridized carbons (Fsp3) is 0.263. The van der Waals surface area contributed by atoms with Crippen LogP contribution < -0.4 is 14.4 Å². The van der Waals surface area contributed by atoms with Crippen molar-refractivity contribution in [3.05, 3.63) is 52.5 Å². The predicted molar refractivity (Wildman–Crippen MR) is 104 cm³/mol. The summed E-state index contributed by atoms with van der Waals surface area (Å²) in [5, 5.41) is 0.984. The van der Waals surface area contributed by atoms with Crippen molar-refractivity contribution in [1.82, 2.24) is 4.90 Å². The molecule has 4 rings (SSSR count). The number of ether oxygens (including phenoxy) is 2. The first-order valence-corrected chi connectivity index (χ1v) is 8.96. The Hall–Kier alpha value is -2.31. The van der Waals surface area contributed by atoms with Crippen LogP contribution in [0.15, 0.2) is 36.4 Å². The van der Waals surface area contributed by atoms with E-state index >= 15 is 0 Å². The molecule has 7 heteroatoms. The number of amides is 1. The van der Waals surface area contributed by atoms with Crippen LogP contribution in [0, 0.1) is 0 Å². The van der Waals surface area contributed by atoms with E-state index in [9.17, 15) is 4.79 Å². The molecule has 2 aromatic carbocycles. The third-order valence-electron chi connectivity index (χ3n) is 4.87. The van der Waals surface area contributed by atoms with Gasteiger partial charge in [0.25, 0.3) is 5.91 Å². The van der Waals surface area contributed by atoms with Crippen molar-refractivity contribution in [3.8, 4) is 11.5 Å². The Morgan fingerprint density at radius 3 is 2.42 bits per heavy atom. The zero-order chi connectivity index (χ0) is 18.4. The summed E-state index contributed by atoms with van der Waals surface area (Å²) in [5.41, 5.74) is 2.77. The molecular weight excluding hydrogens is 372 g/mol. The van der Waals surface area contributed by atoms with Gasteiger partial charge in [-0.05, 0) is 47.6 Å². The van der Waals surface area contributed by atoms with Gasteiger partial charge in [0.15, 0.2) is 16.6 Å². The van der Waals surface area contributed by atoms with Crippen molar-refractivity contribution >= 4 is 40.5 Å². The summed E-state index contributed by atoms with van der Waals surface area (Å²) in [7, 11) is 3.22. The van der Waals surface area contributed by atoms with Crippen LogP contribution in [0.4, 0.5) is 5.69 Å². The molecule has 0 saturated carbocycles. The largest absolute Gasteiger partial charge is 0.493 e. The Bertz CT molecular complexity index is 867. The Morgan fingerprint density at radius 2 is 1.77 bits per heavy atom. The van der Waals surface area contributed by atoms with Crippen LogP contribution in [0.3, 0.4) is 0 Å². The molecule has 0 aliphatic carbocycles. The summed E-state index contributed by atoms with van der Waals surface area (Å²) in [6.45, 7) is 0.548. The van der Waals surface area contributed by atoms with Gasteiger partial charge in [0, 0.05) is 13.0 Å². The number of fused-ring (bicyclic) bond motifs is 2. The maximum atomic E-state index is 13.1. The van der Waals surface area contributed by atoms with E-state index in [1.54, 1.807) is 25.2 Å². The van der Waals surface area contributed by atoms with Gasteiger partial charge in [0.1, 0.15) is 6.04 Å². The summed E-state index contributed by atoms with van der Waals surface area (Å²) in [5.74, 6) is 1.28. The van der Waals surface area contributed by atoms with Crippen LogP contribution in [0.25, 0.3) is 0 Å². The van der Waals surface area contributed by atoms with E-state index in [2.05, 4.69) is 0 Å². The standard InChI is InChI=1S/C19H17ClN2O3S/c1-24-16-8-11-7-15-18(23)22(14-6-4-3-5-13(14)20)19(26)21(15)10-12(11)9-17(16)25-2/h3-6,8-9,15H,7,10H2,1-2H3/t15-/m1/s1. The van der Waals surface area contributed by atoms with E-state index in [0.717, 1.165) is 11.1 Å². The number of nitrogens with zero attached hydrogens (tertiary/aromatic N) is 2. The number of rotatable bonds is 3. The van der Waals surface area contributed by atoms with E-state index in [4.69, 9.17) is 33.3 Å². The molecular formula is C19H17ClN2O3S. The minimum absolute atomic E-state index is 0.0523. The molecule has 26 heavy (non-hydrogen) atoms. The Morgan fingerprint density at radius 1 is 1.12 bits per heavy atom. The summed E-state index contributed by atoms with van der Waals surface area (Å²) in [4.78, 5) is 16.6. The van der Waals surface area contributed by atoms with Gasteiger partial charge in [0.05, 0.1) is 24.9 Å². The van der Waals surface area contributed by atoms with E-state index in [-0.39, 0.29) is 11.9 Å². The highest BCUT2D eigenvalue weighted by atomic mass is 35.5. The van der Waals surface area contributed by atoms with Gasteiger partial charge < -0.3 is 14.4 Å². The monoisotopic (exact) mass is 388 g/mol. The fourth-order valence-electron chi connectivity index (χ4n) is 3.56. The molecule has 2 aromatic rings. The molecule has 5 nitrogen and oxygen atoms in total. The van der Waals surface area contributed by atoms with Gasteiger partial charge in [0.2, 0.25) is 0 Å². The number of para-hydroxylation sites is 1. The van der Waals surface area contributed by atoms with Crippen LogP contribution >= 0.6 is 23.8 Å². The molecule has 2 heterocycles. The first kappa shape index (κ1) is 17.1. The number of hydrogen-bond donors (Lipinski definition) is 0. The second-order valence-corrected chi connectivity index (χ2v) is 7.00. The van der Waals surface area contributed by atoms with Crippen molar-refractivity contribution < 1.29 is 14.3 Å². The molecule has 1 amide bonds. The van der Waals surface area contributed by atoms with Crippen molar-refractivity contribution in [2.75, 3.05) is 19.1 Å². The predicted octanol–water partition coefficient (Wildman–Crippen LogP) is 3.42. The molecule has 134 valence electrons. The molecule has 1 fully saturated rings. The van der Waals surface area contributed by atoms with Gasteiger partial charge in [-0.2, -0.15) is 0 Å². The molecule has 0 bridgehead atoms. The third kappa shape index (κ3) is 2.52. The average Bonchev–Trinajstić information content (AvgIpc) is 2.89. The normalized spacial score (nSPS) is 18.7. The Labute approximate surface area is 162 Å². The second-order valence-electron chi connectivity index (χ2n) is 6.23. The summed E-state index contributed by atoms with van der Waals surface area (Å²) in [6, 6.07) is 10.8. The van der Waals surface area contributed by atoms with Crippen LogP contribution in [-0.4, -0.2) is 36.2 Å². The molecule has 0 radical (unpaired) electrons. The SMILES string of the molecule is COc1cc2c(cc1OC)CN1C(=S)N(c3ccccc3Cl)C(=O)[C@H]1C2. The minimum atomic E-state index is -0.329. The molecule has 1 saturated heterocycles. The van der Waals surface area contributed by atoms with Crippen molar-refractivity contribution in [3.63, 3.8) is 0 Å². The number of carbonyl (C=O) groups excluding carboxylic acids is 1. The van der Waals surface area contributed by atoms with Gasteiger partial charge in [-0.15, -0.1) is 0 Å². The third-order valence-corrected chi connectivity index (χ3v) is 5.61. The van der Waals surface area contributed by atoms with Gasteiger partial charge in [-0.3, -0.25) is 9.69 Å². The van der Waals surface area contributed by atoms with E-state index in [1.807, 2.05) is 35.2 Å². The number of methoxy groups -OCH3 is 2. The molecule has 0 spiro atoms. The molecule has 1 atom stereocenters. The number of halogens is 1. The number of hydrogen-bond acceptors (Lipinski definition) is 4. The van der Waals surface area contributed by atoms with Crippen molar-refractivity contribution in [1.29, 1.82) is 0 Å². The topological polar surface area (TPSA) is 42.0 Å². The zero-order valence-corrected chi connectivity index (χ0v) is 15.9. The number of benzene rings is 2. The zero-order valence-electron chi connectivity index (χ0n) is 14.4. The molecule has 2 aliphatic heterocycles. The Kier molecular flexibility index (Phi) is 4.25. The summed E-state index contributed by atoms with van der Waals surface area (Å²) < 4.78 is 10.8. The molecule has 0 N–H and O–H groups in total. The fourth-order valence-corrected chi connectivity index (χ4v) is 4.16. The van der Waals surface area contributed by atoms with E-state index in [0.29, 0.717) is 40.3 Å². The minimum Gasteiger partial charge on any atom is -0.493 e. The second kappa shape index (κ2) is 6.45. The molecule has 2 aliphatic rings. The lowest BCUT2D eigenvalue weighted by molar-refractivity contribution is -0.119. The first-order valence-electron chi connectivity index (χ1n) is 8.18. The Balaban J connectivity index is 1.73. The number of carbonyl (C=O) groups is 1. The van der Waals surface area contributed by atoms with E-state index < -0.39 is 0 Å². The van der Waals surface area contributed by atoms with Crippen molar-refractivity contribution in [2.45, 2.75) is 19.0 Å². The summed E-state index contributed by atoms with van der Waals surface area (Å²) in [6.07, 6.45) is 0.565. The van der Waals surface area contributed by atoms with Crippen LogP contribution in [-0.2, 0) is 17.8 Å². The van der Waals surface area contributed by atoms with Gasteiger partial charge >= 0.3 is 0 Å². The smallest absolute Gasteiger partial charge is 0.256 e. The first-order chi connectivity index (χ1) is 12.5. The highest BCUT2D eigenvalue weighted by Gasteiger charge is 2.46. The van der Waals surface area contributed by atoms with Crippen LogP contribution in [0.2, 0.25) is 5.02 Å². The molecule has 0 aromatic heterocycles. The average molecular weight is 389 g/mol. The lowest BCUT2D eigenvalue weighted by atomic mass is 9.94. The lowest BCUT2D eigenvalue weighted by Gasteiger charge is -2.31. The maximum absolute atomic E-state index is 13.1. The molecule has 0 unspecified atom stereocenters. The van der Waals surface area contributed by atoms with Crippen LogP contribution in [0.5, 0.6) is 11.5 Å². The van der Waals surface area contributed by atoms with E-state index in [1.165, 1.54) is 0 Å². The van der Waals surface area contributed by atoms with Gasteiger partial charge in [-0.25, -0.2) is 0 Å². The maximum Gasteiger partial charge on any atom is 0.256 e. The summed E-state index contributed by atoms with van der Waals surface area (Å²) >= 11 is 11.9. The highest BCUT2D eigenvalue weighted by Crippen LogP contribution is 2.39. The number of thiocarbonyl (C=S) groups is 1. The number of anilines is 1. The van der Waals surface area contributed by atoms with Gasteiger partial charge in [-0.1, -0.05) is 23.7 Å².